The number of amides is 1. The largest absolute Gasteiger partial charge is 0.394 e. The Bertz CT molecular complexity index is 704. The highest BCUT2D eigenvalue weighted by Crippen LogP contribution is 2.20. The lowest BCUT2D eigenvalue weighted by Crippen LogP contribution is -2.49. The number of H-pyrrole nitrogens is 1. The van der Waals surface area contributed by atoms with Crippen LogP contribution in [0.3, 0.4) is 0 Å². The first-order valence-electron chi connectivity index (χ1n) is 7.49. The number of nitrogens with zero attached hydrogens (tertiary/aromatic N) is 2. The van der Waals surface area contributed by atoms with Crippen molar-refractivity contribution >= 4 is 11.6 Å². The van der Waals surface area contributed by atoms with Crippen LogP contribution < -0.4 is 11.1 Å². The summed E-state index contributed by atoms with van der Waals surface area (Å²) in [5.74, 6) is -0.547. The molecular weight excluding hydrogens is 330 g/mol. The number of hydrogen-bond acceptors (Lipinski definition) is 7. The third-order valence-corrected chi connectivity index (χ3v) is 3.68. The summed E-state index contributed by atoms with van der Waals surface area (Å²) in [5, 5.41) is 32.9. The number of aromatic nitrogens is 2. The molecule has 10 nitrogen and oxygen atoms in total. The van der Waals surface area contributed by atoms with Gasteiger partial charge < -0.3 is 26.2 Å². The number of benzene rings is 1. The van der Waals surface area contributed by atoms with Gasteiger partial charge in [-0.05, 0) is 17.7 Å². The van der Waals surface area contributed by atoms with E-state index in [9.17, 15) is 25.1 Å². The van der Waals surface area contributed by atoms with Crippen molar-refractivity contribution in [3.8, 4) is 0 Å². The first-order valence-corrected chi connectivity index (χ1v) is 7.49. The molecule has 0 bridgehead atoms. The number of hydrogen-bond donors (Lipinski definition) is 5. The van der Waals surface area contributed by atoms with Gasteiger partial charge in [-0.3, -0.25) is 14.9 Å². The number of aliphatic hydroxyl groups is 2. The summed E-state index contributed by atoms with van der Waals surface area (Å²) in [5.41, 5.74) is 6.69. The lowest BCUT2D eigenvalue weighted by atomic mass is 10.0. The van der Waals surface area contributed by atoms with Gasteiger partial charge in [0.2, 0.25) is 5.91 Å². The van der Waals surface area contributed by atoms with Gasteiger partial charge in [-0.25, -0.2) is 4.98 Å². The van der Waals surface area contributed by atoms with Crippen LogP contribution in [0, 0.1) is 10.1 Å². The zero-order valence-electron chi connectivity index (χ0n) is 13.2. The second-order valence-electron chi connectivity index (χ2n) is 5.48. The van der Waals surface area contributed by atoms with E-state index in [0.29, 0.717) is 11.3 Å². The van der Waals surface area contributed by atoms with E-state index < -0.39 is 35.6 Å². The Morgan fingerprint density at radius 3 is 2.60 bits per heavy atom. The van der Waals surface area contributed by atoms with Gasteiger partial charge in [0.05, 0.1) is 29.9 Å². The SMILES string of the molecule is N[C@H](Cc1cnc[nH]1)C(=O)N[C@H](CO)[C@H](O)c1ccc([N+](=O)[O-])cc1. The Morgan fingerprint density at radius 2 is 2.08 bits per heavy atom. The summed E-state index contributed by atoms with van der Waals surface area (Å²) in [6, 6.07) is 3.31. The Kier molecular flexibility index (Phi) is 6.17. The predicted octanol–water partition coefficient (Wildman–Crippen LogP) is -0.602. The minimum Gasteiger partial charge on any atom is -0.394 e. The summed E-state index contributed by atoms with van der Waals surface area (Å²) in [6.45, 7) is -0.527. The molecule has 0 saturated heterocycles. The predicted molar refractivity (Wildman–Crippen MR) is 87.3 cm³/mol. The molecule has 2 aromatic rings. The zero-order chi connectivity index (χ0) is 18.4. The van der Waals surface area contributed by atoms with Crippen molar-refractivity contribution in [2.45, 2.75) is 24.6 Å². The Hall–Kier alpha value is -2.82. The minimum atomic E-state index is -1.24. The van der Waals surface area contributed by atoms with Crippen LogP contribution >= 0.6 is 0 Å². The quantitative estimate of drug-likeness (QED) is 0.313. The number of nitro benzene ring substituents is 1. The lowest BCUT2D eigenvalue weighted by molar-refractivity contribution is -0.384. The van der Waals surface area contributed by atoms with Gasteiger partial charge in [0.15, 0.2) is 0 Å². The highest BCUT2D eigenvalue weighted by molar-refractivity contribution is 5.82. The molecule has 1 heterocycles. The lowest BCUT2D eigenvalue weighted by Gasteiger charge is -2.24. The number of rotatable bonds is 8. The van der Waals surface area contributed by atoms with Gasteiger partial charge in [-0.1, -0.05) is 0 Å². The molecular formula is C15H19N5O5. The molecule has 134 valence electrons. The van der Waals surface area contributed by atoms with Crippen LogP contribution in [0.5, 0.6) is 0 Å². The molecule has 6 N–H and O–H groups in total. The number of carbonyl (C=O) groups is 1. The van der Waals surface area contributed by atoms with E-state index in [4.69, 9.17) is 5.73 Å². The highest BCUT2D eigenvalue weighted by atomic mass is 16.6. The van der Waals surface area contributed by atoms with E-state index in [2.05, 4.69) is 15.3 Å². The maximum absolute atomic E-state index is 12.1. The third kappa shape index (κ3) is 4.83. The zero-order valence-corrected chi connectivity index (χ0v) is 13.2. The molecule has 1 amide bonds. The summed E-state index contributed by atoms with van der Waals surface area (Å²) in [6.07, 6.45) is 1.99. The molecule has 25 heavy (non-hydrogen) atoms. The molecule has 0 saturated carbocycles. The fourth-order valence-corrected chi connectivity index (χ4v) is 2.27. The fraction of sp³-hybridized carbons (Fsp3) is 0.333. The molecule has 10 heteroatoms. The van der Waals surface area contributed by atoms with Crippen molar-refractivity contribution in [2.24, 2.45) is 5.73 Å². The average Bonchev–Trinajstić information content (AvgIpc) is 3.11. The van der Waals surface area contributed by atoms with Gasteiger partial charge >= 0.3 is 0 Å². The Morgan fingerprint density at radius 1 is 1.40 bits per heavy atom. The second-order valence-corrected chi connectivity index (χ2v) is 5.48. The summed E-state index contributed by atoms with van der Waals surface area (Å²) >= 11 is 0. The molecule has 0 aliphatic rings. The number of nitrogens with one attached hydrogen (secondary N) is 2. The topological polar surface area (TPSA) is 167 Å². The van der Waals surface area contributed by atoms with Crippen molar-refractivity contribution in [1.29, 1.82) is 0 Å². The number of aliphatic hydroxyl groups excluding tert-OH is 2. The van der Waals surface area contributed by atoms with Crippen molar-refractivity contribution < 1.29 is 19.9 Å². The van der Waals surface area contributed by atoms with Crippen LogP contribution in [0.1, 0.15) is 17.4 Å². The van der Waals surface area contributed by atoms with Crippen LogP contribution in [0.15, 0.2) is 36.8 Å². The Balaban J connectivity index is 2.00. The van der Waals surface area contributed by atoms with Crippen molar-refractivity contribution in [3.05, 3.63) is 58.2 Å². The average molecular weight is 349 g/mol. The second kappa shape index (κ2) is 8.33. The Labute approximate surface area is 142 Å². The van der Waals surface area contributed by atoms with E-state index in [1.54, 1.807) is 6.20 Å². The third-order valence-electron chi connectivity index (χ3n) is 3.68. The van der Waals surface area contributed by atoms with E-state index in [0.717, 1.165) is 0 Å². The van der Waals surface area contributed by atoms with Crippen LogP contribution in [-0.4, -0.2) is 49.7 Å². The number of aromatic amines is 1. The molecule has 0 aliphatic carbocycles. The first-order chi connectivity index (χ1) is 11.9. The standard InChI is InChI=1S/C15H19N5O5/c16-12(5-10-6-17-8-18-10)15(23)19-13(7-21)14(22)9-1-3-11(4-2-9)20(24)25/h1-4,6,8,12-14,21-22H,5,7,16H2,(H,17,18)(H,19,23)/t12-,13-,14-/m1/s1. The molecule has 0 unspecified atom stereocenters. The minimum absolute atomic E-state index is 0.123. The van der Waals surface area contributed by atoms with Crippen LogP contribution in [0.4, 0.5) is 5.69 Å². The highest BCUT2D eigenvalue weighted by Gasteiger charge is 2.25. The number of carbonyl (C=O) groups excluding carboxylic acids is 1. The number of nitro groups is 1. The van der Waals surface area contributed by atoms with Crippen molar-refractivity contribution in [2.75, 3.05) is 6.61 Å². The van der Waals surface area contributed by atoms with E-state index >= 15 is 0 Å². The van der Waals surface area contributed by atoms with Crippen molar-refractivity contribution in [1.82, 2.24) is 15.3 Å². The maximum atomic E-state index is 12.1. The number of nitrogens with two attached hydrogens (primary N) is 1. The molecule has 0 radical (unpaired) electrons. The number of imidazole rings is 1. The first kappa shape index (κ1) is 18.5. The smallest absolute Gasteiger partial charge is 0.269 e. The van der Waals surface area contributed by atoms with Crippen LogP contribution in [0.2, 0.25) is 0 Å². The van der Waals surface area contributed by atoms with Crippen LogP contribution in [0.25, 0.3) is 0 Å². The monoisotopic (exact) mass is 349 g/mol. The van der Waals surface area contributed by atoms with E-state index in [-0.39, 0.29) is 12.1 Å². The van der Waals surface area contributed by atoms with Gasteiger partial charge in [-0.2, -0.15) is 0 Å². The molecule has 0 fully saturated rings. The summed E-state index contributed by atoms with van der Waals surface area (Å²) in [7, 11) is 0. The number of non-ortho nitro benzene ring substituents is 1. The molecule has 0 spiro atoms. The molecule has 3 atom stereocenters. The van der Waals surface area contributed by atoms with E-state index in [1.807, 2.05) is 0 Å². The maximum Gasteiger partial charge on any atom is 0.269 e. The van der Waals surface area contributed by atoms with E-state index in [1.165, 1.54) is 30.6 Å². The molecule has 1 aromatic heterocycles. The normalized spacial score (nSPS) is 14.5. The fourth-order valence-electron chi connectivity index (χ4n) is 2.27. The van der Waals surface area contributed by atoms with Gasteiger partial charge in [0.1, 0.15) is 6.10 Å². The molecule has 2 rings (SSSR count). The van der Waals surface area contributed by atoms with Gasteiger partial charge in [0, 0.05) is 30.4 Å². The summed E-state index contributed by atoms with van der Waals surface area (Å²) in [4.78, 5) is 28.9. The van der Waals surface area contributed by atoms with Crippen LogP contribution in [-0.2, 0) is 11.2 Å². The van der Waals surface area contributed by atoms with Gasteiger partial charge in [0.25, 0.3) is 5.69 Å². The van der Waals surface area contributed by atoms with Gasteiger partial charge in [-0.15, -0.1) is 0 Å². The van der Waals surface area contributed by atoms with Crippen molar-refractivity contribution in [3.63, 3.8) is 0 Å². The summed E-state index contributed by atoms with van der Waals surface area (Å²) < 4.78 is 0. The molecule has 0 aliphatic heterocycles. The molecule has 1 aromatic carbocycles.